The number of rotatable bonds is 6. The maximum Gasteiger partial charge on any atom is 0.251 e. The van der Waals surface area contributed by atoms with Gasteiger partial charge in [0.15, 0.2) is 5.75 Å². The van der Waals surface area contributed by atoms with Crippen molar-refractivity contribution in [1.82, 2.24) is 9.62 Å². The number of carbonyl (C=O) groups excluding carboxylic acids is 1. The summed E-state index contributed by atoms with van der Waals surface area (Å²) in [5.74, 6) is -0.0307. The van der Waals surface area contributed by atoms with Crippen molar-refractivity contribution in [3.63, 3.8) is 0 Å². The van der Waals surface area contributed by atoms with Crippen molar-refractivity contribution in [2.75, 3.05) is 20.2 Å². The molecule has 2 aromatic rings. The highest BCUT2D eigenvalue weighted by Gasteiger charge is 2.25. The molecule has 0 atom stereocenters. The van der Waals surface area contributed by atoms with Gasteiger partial charge in [0, 0.05) is 25.2 Å². The van der Waals surface area contributed by atoms with E-state index in [0.29, 0.717) is 24.4 Å². The third-order valence-electron chi connectivity index (χ3n) is 4.79. The first-order valence-electron chi connectivity index (χ1n) is 9.23. The molecule has 0 spiro atoms. The van der Waals surface area contributed by atoms with Crippen molar-refractivity contribution in [2.45, 2.75) is 30.7 Å². The van der Waals surface area contributed by atoms with E-state index in [1.165, 1.54) is 23.5 Å². The Kier molecular flexibility index (Phi) is 7.05. The van der Waals surface area contributed by atoms with E-state index in [2.05, 4.69) is 5.32 Å². The second-order valence-electron chi connectivity index (χ2n) is 6.76. The smallest absolute Gasteiger partial charge is 0.251 e. The SMILES string of the molecule is COc1c(Cl)cc(C(=O)NCc2ccc(S(=O)(=O)N3CCCCC3)cc2)cc1Cl. The lowest BCUT2D eigenvalue weighted by molar-refractivity contribution is 0.0951. The number of nitrogens with zero attached hydrogens (tertiary/aromatic N) is 1. The number of hydrogen-bond donors (Lipinski definition) is 1. The van der Waals surface area contributed by atoms with Crippen molar-refractivity contribution in [2.24, 2.45) is 0 Å². The predicted molar refractivity (Wildman–Crippen MR) is 113 cm³/mol. The molecule has 0 bridgehead atoms. The number of ether oxygens (including phenoxy) is 1. The number of methoxy groups -OCH3 is 1. The topological polar surface area (TPSA) is 75.7 Å². The monoisotopic (exact) mass is 456 g/mol. The normalized spacial score (nSPS) is 15.1. The summed E-state index contributed by atoms with van der Waals surface area (Å²) in [6, 6.07) is 9.51. The Morgan fingerprint density at radius 3 is 2.21 bits per heavy atom. The fourth-order valence-electron chi connectivity index (χ4n) is 3.20. The van der Waals surface area contributed by atoms with Gasteiger partial charge in [-0.2, -0.15) is 4.31 Å². The van der Waals surface area contributed by atoms with E-state index in [0.717, 1.165) is 24.8 Å². The average molecular weight is 457 g/mol. The summed E-state index contributed by atoms with van der Waals surface area (Å²) >= 11 is 12.1. The fraction of sp³-hybridized carbons (Fsp3) is 0.350. The maximum absolute atomic E-state index is 12.7. The van der Waals surface area contributed by atoms with Gasteiger partial charge in [0.2, 0.25) is 10.0 Å². The van der Waals surface area contributed by atoms with Crippen LogP contribution < -0.4 is 10.1 Å². The molecule has 6 nitrogen and oxygen atoms in total. The molecule has 1 aliphatic rings. The van der Waals surface area contributed by atoms with Crippen LogP contribution in [0.5, 0.6) is 5.75 Å². The van der Waals surface area contributed by atoms with Crippen LogP contribution in [0.4, 0.5) is 0 Å². The van der Waals surface area contributed by atoms with Crippen LogP contribution >= 0.6 is 23.2 Å². The third kappa shape index (κ3) is 5.04. The molecular formula is C20H22Cl2N2O4S. The zero-order chi connectivity index (χ0) is 21.0. The Morgan fingerprint density at radius 2 is 1.66 bits per heavy atom. The number of piperidine rings is 1. The molecule has 1 amide bonds. The minimum Gasteiger partial charge on any atom is -0.494 e. The Morgan fingerprint density at radius 1 is 1.07 bits per heavy atom. The zero-order valence-corrected chi connectivity index (χ0v) is 18.3. The van der Waals surface area contributed by atoms with Crippen LogP contribution in [-0.2, 0) is 16.6 Å². The molecule has 0 radical (unpaired) electrons. The third-order valence-corrected chi connectivity index (χ3v) is 7.27. The summed E-state index contributed by atoms with van der Waals surface area (Å²) in [5, 5.41) is 3.27. The van der Waals surface area contributed by atoms with E-state index in [-0.39, 0.29) is 27.4 Å². The van der Waals surface area contributed by atoms with Crippen LogP contribution in [0.1, 0.15) is 35.2 Å². The molecule has 2 aromatic carbocycles. The van der Waals surface area contributed by atoms with Gasteiger partial charge in [-0.3, -0.25) is 4.79 Å². The highest BCUT2D eigenvalue weighted by atomic mass is 35.5. The molecule has 1 fully saturated rings. The number of amides is 1. The first kappa shape index (κ1) is 21.9. The van der Waals surface area contributed by atoms with Crippen LogP contribution in [0, 0.1) is 0 Å². The van der Waals surface area contributed by atoms with Gasteiger partial charge >= 0.3 is 0 Å². The summed E-state index contributed by atoms with van der Waals surface area (Å²) in [4.78, 5) is 12.6. The van der Waals surface area contributed by atoms with Gasteiger partial charge in [0.1, 0.15) is 0 Å². The second-order valence-corrected chi connectivity index (χ2v) is 9.52. The van der Waals surface area contributed by atoms with E-state index in [4.69, 9.17) is 27.9 Å². The summed E-state index contributed by atoms with van der Waals surface area (Å²) in [6.45, 7) is 1.37. The quantitative estimate of drug-likeness (QED) is 0.709. The van der Waals surface area contributed by atoms with Gasteiger partial charge in [0.05, 0.1) is 22.1 Å². The van der Waals surface area contributed by atoms with E-state index >= 15 is 0 Å². The first-order chi connectivity index (χ1) is 13.8. The van der Waals surface area contributed by atoms with E-state index in [9.17, 15) is 13.2 Å². The molecule has 29 heavy (non-hydrogen) atoms. The van der Waals surface area contributed by atoms with E-state index < -0.39 is 10.0 Å². The van der Waals surface area contributed by atoms with Crippen molar-refractivity contribution >= 4 is 39.1 Å². The largest absolute Gasteiger partial charge is 0.494 e. The lowest BCUT2D eigenvalue weighted by Crippen LogP contribution is -2.35. The fourth-order valence-corrected chi connectivity index (χ4v) is 5.36. The molecule has 1 heterocycles. The van der Waals surface area contributed by atoms with Crippen molar-refractivity contribution < 1.29 is 17.9 Å². The van der Waals surface area contributed by atoms with Gasteiger partial charge in [-0.05, 0) is 42.7 Å². The van der Waals surface area contributed by atoms with Gasteiger partial charge in [0.25, 0.3) is 5.91 Å². The van der Waals surface area contributed by atoms with Crippen LogP contribution in [0.2, 0.25) is 10.0 Å². The number of hydrogen-bond acceptors (Lipinski definition) is 4. The first-order valence-corrected chi connectivity index (χ1v) is 11.4. The predicted octanol–water partition coefficient (Wildman–Crippen LogP) is 4.11. The molecule has 9 heteroatoms. The molecule has 1 aliphatic heterocycles. The lowest BCUT2D eigenvalue weighted by Gasteiger charge is -2.25. The van der Waals surface area contributed by atoms with Crippen molar-refractivity contribution in [1.29, 1.82) is 0 Å². The molecule has 0 saturated carbocycles. The summed E-state index contributed by atoms with van der Waals surface area (Å²) in [7, 11) is -2.02. The number of carbonyl (C=O) groups is 1. The highest BCUT2D eigenvalue weighted by Crippen LogP contribution is 2.33. The van der Waals surface area contributed by atoms with Gasteiger partial charge in [-0.15, -0.1) is 0 Å². The average Bonchev–Trinajstić information content (AvgIpc) is 2.72. The molecule has 1 saturated heterocycles. The Balaban J connectivity index is 1.65. The molecule has 0 aliphatic carbocycles. The van der Waals surface area contributed by atoms with Gasteiger partial charge in [-0.1, -0.05) is 41.8 Å². The van der Waals surface area contributed by atoms with E-state index in [1.807, 2.05) is 0 Å². The minimum atomic E-state index is -3.46. The number of halogens is 2. The van der Waals surface area contributed by atoms with Crippen LogP contribution in [0.15, 0.2) is 41.3 Å². The van der Waals surface area contributed by atoms with Crippen LogP contribution in [0.3, 0.4) is 0 Å². The van der Waals surface area contributed by atoms with Crippen LogP contribution in [0.25, 0.3) is 0 Å². The lowest BCUT2D eigenvalue weighted by atomic mass is 10.2. The van der Waals surface area contributed by atoms with Gasteiger partial charge < -0.3 is 10.1 Å². The molecule has 156 valence electrons. The highest BCUT2D eigenvalue weighted by molar-refractivity contribution is 7.89. The maximum atomic E-state index is 12.7. The molecule has 0 aromatic heterocycles. The van der Waals surface area contributed by atoms with Gasteiger partial charge in [-0.25, -0.2) is 8.42 Å². The standard InChI is InChI=1S/C20H22Cl2N2O4S/c1-28-19-17(21)11-15(12-18(19)22)20(25)23-13-14-5-7-16(8-6-14)29(26,27)24-9-3-2-4-10-24/h5-8,11-12H,2-4,9-10,13H2,1H3,(H,23,25). The Bertz CT molecular complexity index is 965. The summed E-state index contributed by atoms with van der Waals surface area (Å²) in [5.41, 5.74) is 1.09. The summed E-state index contributed by atoms with van der Waals surface area (Å²) in [6.07, 6.45) is 2.85. The number of nitrogens with one attached hydrogen (secondary N) is 1. The number of benzene rings is 2. The molecular weight excluding hydrogens is 435 g/mol. The molecule has 3 rings (SSSR count). The minimum absolute atomic E-state index is 0.240. The van der Waals surface area contributed by atoms with Crippen LogP contribution in [-0.4, -0.2) is 38.8 Å². The van der Waals surface area contributed by atoms with Crippen molar-refractivity contribution in [3.8, 4) is 5.75 Å². The van der Waals surface area contributed by atoms with Crippen molar-refractivity contribution in [3.05, 3.63) is 57.6 Å². The molecule has 0 unspecified atom stereocenters. The Hall–Kier alpha value is -1.80. The Labute approximate surface area is 180 Å². The molecule has 1 N–H and O–H groups in total. The second kappa shape index (κ2) is 9.34. The summed E-state index contributed by atoms with van der Waals surface area (Å²) < 4.78 is 32.0. The zero-order valence-electron chi connectivity index (χ0n) is 16.0. The number of sulfonamides is 1. The van der Waals surface area contributed by atoms with E-state index in [1.54, 1.807) is 24.3 Å².